The number of rotatable bonds is 9. The van der Waals surface area contributed by atoms with Crippen LogP contribution in [0.1, 0.15) is 65.7 Å². The van der Waals surface area contributed by atoms with E-state index in [0.717, 1.165) is 25.7 Å². The molecule has 0 aliphatic carbocycles. The average molecular weight is 244 g/mol. The van der Waals surface area contributed by atoms with E-state index in [1.165, 1.54) is 0 Å². The number of ether oxygens (including phenoxy) is 2. The summed E-state index contributed by atoms with van der Waals surface area (Å²) in [7, 11) is 0. The van der Waals surface area contributed by atoms with Gasteiger partial charge in [0.2, 0.25) is 6.29 Å². The molecule has 0 N–H and O–H groups in total. The second-order valence-corrected chi connectivity index (χ2v) is 3.97. The maximum atomic E-state index is 11.2. The van der Waals surface area contributed by atoms with Gasteiger partial charge in [-0.1, -0.05) is 40.0 Å². The molecule has 4 heteroatoms. The molecule has 0 aliphatic rings. The highest BCUT2D eigenvalue weighted by Gasteiger charge is 2.16. The third-order valence-corrected chi connectivity index (χ3v) is 2.40. The molecular formula is C13H24O4. The highest BCUT2D eigenvalue weighted by Crippen LogP contribution is 2.11. The van der Waals surface area contributed by atoms with Crippen molar-refractivity contribution in [2.75, 3.05) is 0 Å². The lowest BCUT2D eigenvalue weighted by Crippen LogP contribution is -2.24. The van der Waals surface area contributed by atoms with Gasteiger partial charge in [-0.15, -0.1) is 0 Å². The largest absolute Gasteiger partial charge is 0.425 e. The summed E-state index contributed by atoms with van der Waals surface area (Å²) in [5, 5.41) is 0. The van der Waals surface area contributed by atoms with Crippen molar-refractivity contribution in [2.24, 2.45) is 0 Å². The van der Waals surface area contributed by atoms with Gasteiger partial charge in [-0.2, -0.15) is 0 Å². The maximum absolute atomic E-state index is 11.2. The van der Waals surface area contributed by atoms with Gasteiger partial charge >= 0.3 is 11.9 Å². The molecule has 0 bridgehead atoms. The van der Waals surface area contributed by atoms with Gasteiger partial charge in [0.05, 0.1) is 0 Å². The van der Waals surface area contributed by atoms with Crippen LogP contribution >= 0.6 is 0 Å². The van der Waals surface area contributed by atoms with Crippen LogP contribution < -0.4 is 0 Å². The van der Waals surface area contributed by atoms with Crippen LogP contribution in [0.3, 0.4) is 0 Å². The van der Waals surface area contributed by atoms with Crippen LogP contribution in [0, 0.1) is 0 Å². The Labute approximate surface area is 104 Å². The standard InChI is InChI=1S/C13H24O4/c1-4-7-8-9-10-13(16-11(14)5-2)17-12(15)6-3/h13H,4-10H2,1-3H3. The fourth-order valence-corrected chi connectivity index (χ4v) is 1.34. The minimum atomic E-state index is -0.702. The van der Waals surface area contributed by atoms with Gasteiger partial charge in [0.25, 0.3) is 0 Å². The zero-order chi connectivity index (χ0) is 13.1. The van der Waals surface area contributed by atoms with Crippen LogP contribution in [0.2, 0.25) is 0 Å². The molecule has 0 unspecified atom stereocenters. The van der Waals surface area contributed by atoms with Gasteiger partial charge in [-0.3, -0.25) is 9.59 Å². The normalized spacial score (nSPS) is 10.4. The minimum absolute atomic E-state index is 0.301. The summed E-state index contributed by atoms with van der Waals surface area (Å²) in [6.45, 7) is 5.57. The van der Waals surface area contributed by atoms with E-state index in [1.54, 1.807) is 13.8 Å². The summed E-state index contributed by atoms with van der Waals surface area (Å²) in [6.07, 6.45) is 4.77. The number of hydrogen-bond acceptors (Lipinski definition) is 4. The molecule has 0 spiro atoms. The van der Waals surface area contributed by atoms with Crippen LogP contribution in [0.4, 0.5) is 0 Å². The predicted molar refractivity (Wildman–Crippen MR) is 65.3 cm³/mol. The van der Waals surface area contributed by atoms with E-state index in [1.807, 2.05) is 0 Å². The molecule has 0 aromatic carbocycles. The highest BCUT2D eigenvalue weighted by atomic mass is 16.7. The first-order chi connectivity index (χ1) is 8.13. The van der Waals surface area contributed by atoms with E-state index in [2.05, 4.69) is 6.92 Å². The van der Waals surface area contributed by atoms with Crippen molar-refractivity contribution < 1.29 is 19.1 Å². The van der Waals surface area contributed by atoms with E-state index in [-0.39, 0.29) is 11.9 Å². The number of hydrogen-bond donors (Lipinski definition) is 0. The molecule has 0 radical (unpaired) electrons. The monoisotopic (exact) mass is 244 g/mol. The van der Waals surface area contributed by atoms with Crippen molar-refractivity contribution in [2.45, 2.75) is 72.0 Å². The molecule has 0 fully saturated rings. The van der Waals surface area contributed by atoms with Crippen molar-refractivity contribution in [3.05, 3.63) is 0 Å². The molecule has 0 heterocycles. The fraction of sp³-hybridized carbons (Fsp3) is 0.846. The lowest BCUT2D eigenvalue weighted by Gasteiger charge is -2.17. The van der Waals surface area contributed by atoms with Gasteiger partial charge in [-0.05, 0) is 6.42 Å². The average Bonchev–Trinajstić information content (AvgIpc) is 2.33. The van der Waals surface area contributed by atoms with Crippen molar-refractivity contribution in [1.29, 1.82) is 0 Å². The lowest BCUT2D eigenvalue weighted by molar-refractivity contribution is -0.188. The SMILES string of the molecule is CCCCCCC(OC(=O)CC)OC(=O)CC. The van der Waals surface area contributed by atoms with E-state index >= 15 is 0 Å². The summed E-state index contributed by atoms with van der Waals surface area (Å²) >= 11 is 0. The topological polar surface area (TPSA) is 52.6 Å². The number of unbranched alkanes of at least 4 members (excludes halogenated alkanes) is 3. The van der Waals surface area contributed by atoms with Crippen LogP contribution in [-0.4, -0.2) is 18.2 Å². The molecule has 0 atom stereocenters. The molecule has 0 rings (SSSR count). The number of carbonyl (C=O) groups excluding carboxylic acids is 2. The van der Waals surface area contributed by atoms with Crippen LogP contribution in [-0.2, 0) is 19.1 Å². The van der Waals surface area contributed by atoms with Gasteiger partial charge in [0.1, 0.15) is 0 Å². The molecule has 0 aliphatic heterocycles. The first kappa shape index (κ1) is 15.9. The second kappa shape index (κ2) is 10.1. The van der Waals surface area contributed by atoms with Crippen molar-refractivity contribution in [3.8, 4) is 0 Å². The Kier molecular flexibility index (Phi) is 9.49. The zero-order valence-corrected chi connectivity index (χ0v) is 11.2. The second-order valence-electron chi connectivity index (χ2n) is 3.97. The molecular weight excluding hydrogens is 220 g/mol. The molecule has 100 valence electrons. The Hall–Kier alpha value is -1.06. The molecule has 0 amide bonds. The highest BCUT2D eigenvalue weighted by molar-refractivity contribution is 5.71. The van der Waals surface area contributed by atoms with Crippen molar-refractivity contribution >= 4 is 11.9 Å². The Morgan fingerprint density at radius 1 is 0.882 bits per heavy atom. The molecule has 0 saturated carbocycles. The van der Waals surface area contributed by atoms with Crippen LogP contribution in [0.25, 0.3) is 0 Å². The van der Waals surface area contributed by atoms with E-state index in [4.69, 9.17) is 9.47 Å². The van der Waals surface area contributed by atoms with E-state index in [0.29, 0.717) is 19.3 Å². The summed E-state index contributed by atoms with van der Waals surface area (Å²) in [5.41, 5.74) is 0. The fourth-order valence-electron chi connectivity index (χ4n) is 1.34. The molecule has 17 heavy (non-hydrogen) atoms. The van der Waals surface area contributed by atoms with Crippen molar-refractivity contribution in [3.63, 3.8) is 0 Å². The molecule has 0 saturated heterocycles. The summed E-state index contributed by atoms with van der Waals surface area (Å²) in [4.78, 5) is 22.3. The van der Waals surface area contributed by atoms with Gasteiger partial charge in [-0.25, -0.2) is 0 Å². The van der Waals surface area contributed by atoms with E-state index < -0.39 is 6.29 Å². The molecule has 0 aromatic rings. The number of esters is 2. The molecule has 0 aromatic heterocycles. The van der Waals surface area contributed by atoms with Crippen LogP contribution in [0.15, 0.2) is 0 Å². The maximum Gasteiger partial charge on any atom is 0.308 e. The van der Waals surface area contributed by atoms with Crippen LogP contribution in [0.5, 0.6) is 0 Å². The Morgan fingerprint density at radius 3 is 1.82 bits per heavy atom. The molecule has 4 nitrogen and oxygen atoms in total. The lowest BCUT2D eigenvalue weighted by atomic mass is 10.1. The van der Waals surface area contributed by atoms with Gasteiger partial charge in [0.15, 0.2) is 0 Å². The quantitative estimate of drug-likeness (QED) is 0.355. The van der Waals surface area contributed by atoms with Crippen molar-refractivity contribution in [1.82, 2.24) is 0 Å². The summed E-state index contributed by atoms with van der Waals surface area (Å²) in [5.74, 6) is -0.649. The summed E-state index contributed by atoms with van der Waals surface area (Å²) < 4.78 is 10.1. The first-order valence-electron chi connectivity index (χ1n) is 6.52. The smallest absolute Gasteiger partial charge is 0.308 e. The Balaban J connectivity index is 4.01. The third kappa shape index (κ3) is 8.72. The first-order valence-corrected chi connectivity index (χ1v) is 6.52. The van der Waals surface area contributed by atoms with Gasteiger partial charge < -0.3 is 9.47 Å². The Morgan fingerprint density at radius 2 is 1.41 bits per heavy atom. The Bertz CT molecular complexity index is 207. The number of carbonyl (C=O) groups is 2. The minimum Gasteiger partial charge on any atom is -0.425 e. The van der Waals surface area contributed by atoms with E-state index in [9.17, 15) is 9.59 Å². The van der Waals surface area contributed by atoms with Gasteiger partial charge in [0, 0.05) is 19.3 Å². The summed E-state index contributed by atoms with van der Waals surface area (Å²) in [6, 6.07) is 0. The zero-order valence-electron chi connectivity index (χ0n) is 11.2. The predicted octanol–water partition coefficient (Wildman–Crippen LogP) is 3.19. The third-order valence-electron chi connectivity index (χ3n) is 2.40.